The Morgan fingerprint density at radius 1 is 1.09 bits per heavy atom. The number of nitrogens with zero attached hydrogens (tertiary/aromatic N) is 1. The van der Waals surface area contributed by atoms with E-state index in [-0.39, 0.29) is 24.3 Å². The second-order valence-electron chi connectivity index (χ2n) is 8.51. The van der Waals surface area contributed by atoms with Gasteiger partial charge in [0.1, 0.15) is 18.7 Å². The number of likely N-dealkylation sites (tertiary alicyclic amines) is 1. The van der Waals surface area contributed by atoms with Gasteiger partial charge in [-0.1, -0.05) is 62.4 Å². The van der Waals surface area contributed by atoms with Crippen molar-refractivity contribution in [1.29, 1.82) is 0 Å². The van der Waals surface area contributed by atoms with E-state index in [9.17, 15) is 19.5 Å². The first-order valence-corrected chi connectivity index (χ1v) is 11.1. The zero-order chi connectivity index (χ0) is 22.8. The number of carbonyl (C=O) groups excluding carboxylic acids is 2. The van der Waals surface area contributed by atoms with Crippen LogP contribution in [0.4, 0.5) is 4.79 Å². The van der Waals surface area contributed by atoms with Crippen molar-refractivity contribution < 1.29 is 24.2 Å². The first-order chi connectivity index (χ1) is 15.4. The molecule has 0 spiro atoms. The number of benzene rings is 2. The lowest BCUT2D eigenvalue weighted by Crippen LogP contribution is -2.52. The predicted octanol–water partition coefficient (Wildman–Crippen LogP) is 3.63. The van der Waals surface area contributed by atoms with Crippen molar-refractivity contribution in [3.63, 3.8) is 0 Å². The third kappa shape index (κ3) is 3.95. The first-order valence-electron chi connectivity index (χ1n) is 11.1. The van der Waals surface area contributed by atoms with Crippen molar-refractivity contribution in [3.05, 3.63) is 59.7 Å². The second-order valence-corrected chi connectivity index (χ2v) is 8.51. The number of hydrogen-bond donors (Lipinski definition) is 2. The Morgan fingerprint density at radius 3 is 2.25 bits per heavy atom. The molecule has 3 atom stereocenters. The molecular weight excluding hydrogens is 408 g/mol. The molecule has 2 unspecified atom stereocenters. The van der Waals surface area contributed by atoms with E-state index < -0.39 is 24.1 Å². The molecule has 0 bridgehead atoms. The van der Waals surface area contributed by atoms with E-state index in [2.05, 4.69) is 17.4 Å². The van der Waals surface area contributed by atoms with Crippen molar-refractivity contribution in [1.82, 2.24) is 10.2 Å². The average molecular weight is 437 g/mol. The number of fused-ring (bicyclic) bond motifs is 3. The smallest absolute Gasteiger partial charge is 0.407 e. The summed E-state index contributed by atoms with van der Waals surface area (Å²) in [5, 5.41) is 12.1. The lowest BCUT2D eigenvalue weighted by atomic mass is 9.98. The summed E-state index contributed by atoms with van der Waals surface area (Å²) >= 11 is 0. The zero-order valence-corrected chi connectivity index (χ0v) is 18.3. The fourth-order valence-electron chi connectivity index (χ4n) is 4.89. The fraction of sp³-hybridized carbons (Fsp3) is 0.400. The topological polar surface area (TPSA) is 95.9 Å². The number of alkyl carbamates (subject to hydrolysis) is 1. The highest BCUT2D eigenvalue weighted by atomic mass is 16.5. The van der Waals surface area contributed by atoms with Gasteiger partial charge in [-0.05, 0) is 41.0 Å². The Morgan fingerprint density at radius 2 is 1.69 bits per heavy atom. The molecule has 0 saturated carbocycles. The number of hydrogen-bond acceptors (Lipinski definition) is 4. The Labute approximate surface area is 187 Å². The summed E-state index contributed by atoms with van der Waals surface area (Å²) in [4.78, 5) is 38.5. The van der Waals surface area contributed by atoms with Crippen molar-refractivity contribution >= 4 is 18.0 Å². The summed E-state index contributed by atoms with van der Waals surface area (Å²) < 4.78 is 5.54. The number of carboxylic acid groups (broad SMARTS) is 1. The molecule has 7 heteroatoms. The van der Waals surface area contributed by atoms with Gasteiger partial charge in [0, 0.05) is 12.5 Å². The number of amides is 2. The minimum Gasteiger partial charge on any atom is -0.480 e. The maximum atomic E-state index is 13.0. The van der Waals surface area contributed by atoms with Crippen molar-refractivity contribution in [2.24, 2.45) is 5.92 Å². The Balaban J connectivity index is 1.41. The van der Waals surface area contributed by atoms with Gasteiger partial charge in [-0.25, -0.2) is 9.59 Å². The molecule has 0 radical (unpaired) electrons. The van der Waals surface area contributed by atoms with Crippen molar-refractivity contribution in [2.45, 2.75) is 44.7 Å². The van der Waals surface area contributed by atoms with Gasteiger partial charge in [-0.2, -0.15) is 0 Å². The van der Waals surface area contributed by atoms with Gasteiger partial charge in [0.25, 0.3) is 0 Å². The molecule has 7 nitrogen and oxygen atoms in total. The van der Waals surface area contributed by atoms with Gasteiger partial charge in [-0.3, -0.25) is 4.79 Å². The highest BCUT2D eigenvalue weighted by molar-refractivity contribution is 5.90. The molecule has 1 fully saturated rings. The minimum atomic E-state index is -1.01. The molecule has 168 valence electrons. The largest absolute Gasteiger partial charge is 0.480 e. The maximum Gasteiger partial charge on any atom is 0.407 e. The monoisotopic (exact) mass is 436 g/mol. The highest BCUT2D eigenvalue weighted by Gasteiger charge is 2.41. The minimum absolute atomic E-state index is 0.0697. The summed E-state index contributed by atoms with van der Waals surface area (Å²) in [7, 11) is 0. The van der Waals surface area contributed by atoms with Crippen molar-refractivity contribution in [3.8, 4) is 11.1 Å². The Bertz CT molecular complexity index is 991. The van der Waals surface area contributed by atoms with Crippen LogP contribution in [-0.2, 0) is 14.3 Å². The number of carboxylic acids is 1. The van der Waals surface area contributed by atoms with Crippen LogP contribution < -0.4 is 5.32 Å². The molecule has 1 heterocycles. The molecule has 2 aliphatic rings. The van der Waals surface area contributed by atoms with E-state index in [4.69, 9.17) is 4.74 Å². The molecule has 0 aromatic heterocycles. The summed E-state index contributed by atoms with van der Waals surface area (Å²) in [6.07, 6.45) is 0.302. The number of carbonyl (C=O) groups is 3. The quantitative estimate of drug-likeness (QED) is 0.721. The molecule has 32 heavy (non-hydrogen) atoms. The lowest BCUT2D eigenvalue weighted by molar-refractivity contribution is -0.150. The third-order valence-electron chi connectivity index (χ3n) is 6.58. The zero-order valence-electron chi connectivity index (χ0n) is 18.3. The van der Waals surface area contributed by atoms with Gasteiger partial charge >= 0.3 is 12.1 Å². The van der Waals surface area contributed by atoms with Crippen LogP contribution in [0.1, 0.15) is 43.7 Å². The average Bonchev–Trinajstić information content (AvgIpc) is 3.34. The van der Waals surface area contributed by atoms with Gasteiger partial charge in [0.05, 0.1) is 0 Å². The summed E-state index contributed by atoms with van der Waals surface area (Å²) in [6.45, 7) is 4.14. The molecule has 2 aromatic carbocycles. The predicted molar refractivity (Wildman–Crippen MR) is 119 cm³/mol. The Hall–Kier alpha value is -3.35. The van der Waals surface area contributed by atoms with Crippen LogP contribution in [0.2, 0.25) is 0 Å². The molecule has 4 rings (SSSR count). The van der Waals surface area contributed by atoms with Gasteiger partial charge in [-0.15, -0.1) is 0 Å². The van der Waals surface area contributed by atoms with E-state index in [0.29, 0.717) is 19.4 Å². The molecular formula is C25H28N2O5. The second kappa shape index (κ2) is 9.02. The van der Waals surface area contributed by atoms with Crippen LogP contribution in [0.15, 0.2) is 48.5 Å². The number of ether oxygens (including phenoxy) is 1. The number of rotatable bonds is 6. The van der Waals surface area contributed by atoms with Crippen molar-refractivity contribution in [2.75, 3.05) is 13.2 Å². The highest BCUT2D eigenvalue weighted by Crippen LogP contribution is 2.44. The summed E-state index contributed by atoms with van der Waals surface area (Å²) in [5.74, 6) is -1.58. The molecule has 1 aliphatic carbocycles. The van der Waals surface area contributed by atoms with E-state index in [1.807, 2.05) is 43.3 Å². The molecule has 1 aliphatic heterocycles. The molecule has 2 aromatic rings. The van der Waals surface area contributed by atoms with E-state index in [0.717, 1.165) is 22.3 Å². The van der Waals surface area contributed by atoms with E-state index in [1.165, 1.54) is 4.90 Å². The van der Waals surface area contributed by atoms with Crippen LogP contribution in [0.5, 0.6) is 0 Å². The van der Waals surface area contributed by atoms with Crippen LogP contribution in [0.25, 0.3) is 11.1 Å². The number of aliphatic carboxylic acids is 1. The maximum absolute atomic E-state index is 13.0. The van der Waals surface area contributed by atoms with Gasteiger partial charge < -0.3 is 20.1 Å². The fourth-order valence-corrected chi connectivity index (χ4v) is 4.89. The van der Waals surface area contributed by atoms with Crippen LogP contribution in [0, 0.1) is 5.92 Å². The van der Waals surface area contributed by atoms with Crippen LogP contribution >= 0.6 is 0 Å². The summed E-state index contributed by atoms with van der Waals surface area (Å²) in [6, 6.07) is 14.5. The molecule has 2 N–H and O–H groups in total. The first kappa shape index (κ1) is 21.9. The number of nitrogens with one attached hydrogen (secondary N) is 1. The summed E-state index contributed by atoms with van der Waals surface area (Å²) in [5.41, 5.74) is 4.50. The third-order valence-corrected chi connectivity index (χ3v) is 6.58. The van der Waals surface area contributed by atoms with Crippen LogP contribution in [-0.4, -0.2) is 53.2 Å². The standard InChI is InChI=1S/C25H28N2O5/c1-3-21(23(28)27-13-12-15(2)22(27)24(29)30)26-25(31)32-14-20-18-10-6-4-8-16(18)17-9-5-7-11-19(17)20/h4-11,15,20-22H,3,12-14H2,1-2H3,(H,26,31)(H,29,30)/t15?,21-,22?/m0/s1. The van der Waals surface area contributed by atoms with E-state index >= 15 is 0 Å². The van der Waals surface area contributed by atoms with Gasteiger partial charge in [0.15, 0.2) is 0 Å². The van der Waals surface area contributed by atoms with Gasteiger partial charge in [0.2, 0.25) is 5.91 Å². The Kier molecular flexibility index (Phi) is 6.17. The molecule has 2 amide bonds. The normalized spacial score (nSPS) is 20.4. The van der Waals surface area contributed by atoms with E-state index in [1.54, 1.807) is 6.92 Å². The molecule has 1 saturated heterocycles. The SMILES string of the molecule is CC[C@H](NC(=O)OCC1c2ccccc2-c2ccccc21)C(=O)N1CCC(C)C1C(=O)O. The lowest BCUT2D eigenvalue weighted by Gasteiger charge is -2.27. The van der Waals surface area contributed by atoms with Crippen LogP contribution in [0.3, 0.4) is 0 Å².